The van der Waals surface area contributed by atoms with Crippen molar-refractivity contribution in [2.45, 2.75) is 55.3 Å². The average Bonchev–Trinajstić information content (AvgIpc) is 3.06. The number of hydrogen-bond acceptors (Lipinski definition) is 5. The van der Waals surface area contributed by atoms with Crippen LogP contribution in [0.2, 0.25) is 0 Å². The van der Waals surface area contributed by atoms with Gasteiger partial charge >= 0.3 is 24.3 Å². The molecule has 0 aromatic carbocycles. The standard InChI is InChI=1S/C17H18F6O5/c1-3-12(24)27-11-6-9-5-10(14(11,7-9)28-13(25)4-2)8-15(26,16(18,19)20)17(21,22)23/h3-4,9-11,26H,1-2,5-8H2. The highest BCUT2D eigenvalue weighted by Gasteiger charge is 2.74. The predicted octanol–water partition coefficient (Wildman–Crippen LogP) is 3.23. The number of alkyl halides is 6. The first-order valence-electron chi connectivity index (χ1n) is 8.24. The Morgan fingerprint density at radius 1 is 1.04 bits per heavy atom. The van der Waals surface area contributed by atoms with Crippen molar-refractivity contribution in [1.29, 1.82) is 0 Å². The van der Waals surface area contributed by atoms with Crippen LogP contribution in [0.1, 0.15) is 25.7 Å². The number of fused-ring (bicyclic) bond motifs is 2. The van der Waals surface area contributed by atoms with E-state index in [9.17, 15) is 41.0 Å². The number of aliphatic hydroxyl groups is 1. The SMILES string of the molecule is C=CC(=O)OC1CC2CC(CC(O)(C(F)(F)F)C(F)(F)F)C1(OC(=O)C=C)C2. The fourth-order valence-electron chi connectivity index (χ4n) is 4.14. The molecule has 0 radical (unpaired) electrons. The lowest BCUT2D eigenvalue weighted by Gasteiger charge is -2.43. The van der Waals surface area contributed by atoms with Crippen molar-refractivity contribution >= 4 is 11.9 Å². The van der Waals surface area contributed by atoms with Gasteiger partial charge in [0.05, 0.1) is 0 Å². The summed E-state index contributed by atoms with van der Waals surface area (Å²) in [5, 5.41) is 9.56. The maximum Gasteiger partial charge on any atom is 0.426 e. The molecule has 0 spiro atoms. The third-order valence-electron chi connectivity index (χ3n) is 5.37. The van der Waals surface area contributed by atoms with E-state index in [1.165, 1.54) is 0 Å². The van der Waals surface area contributed by atoms with Crippen LogP contribution in [0.3, 0.4) is 0 Å². The number of halogens is 6. The Morgan fingerprint density at radius 2 is 1.57 bits per heavy atom. The van der Waals surface area contributed by atoms with Crippen LogP contribution in [-0.2, 0) is 19.1 Å². The molecule has 158 valence electrons. The Balaban J connectivity index is 2.44. The summed E-state index contributed by atoms with van der Waals surface area (Å²) in [5.41, 5.74) is -6.94. The molecule has 0 amide bonds. The van der Waals surface area contributed by atoms with Crippen LogP contribution in [0.25, 0.3) is 0 Å². The van der Waals surface area contributed by atoms with Crippen LogP contribution < -0.4 is 0 Å². The molecule has 2 saturated carbocycles. The van der Waals surface area contributed by atoms with Gasteiger partial charge in [0.15, 0.2) is 5.60 Å². The normalized spacial score (nSPS) is 30.0. The molecule has 4 unspecified atom stereocenters. The lowest BCUT2D eigenvalue weighted by Crippen LogP contribution is -2.61. The van der Waals surface area contributed by atoms with Gasteiger partial charge in [-0.1, -0.05) is 13.2 Å². The van der Waals surface area contributed by atoms with Crippen LogP contribution in [0, 0.1) is 11.8 Å². The van der Waals surface area contributed by atoms with Gasteiger partial charge in [0.25, 0.3) is 5.60 Å². The first-order valence-corrected chi connectivity index (χ1v) is 8.24. The van der Waals surface area contributed by atoms with E-state index in [0.29, 0.717) is 6.08 Å². The summed E-state index contributed by atoms with van der Waals surface area (Å²) in [6, 6.07) is 0. The number of carbonyl (C=O) groups excluding carboxylic acids is 2. The van der Waals surface area contributed by atoms with Gasteiger partial charge in [0.1, 0.15) is 6.10 Å². The van der Waals surface area contributed by atoms with E-state index in [1.54, 1.807) is 0 Å². The van der Waals surface area contributed by atoms with Crippen molar-refractivity contribution in [2.75, 3.05) is 0 Å². The van der Waals surface area contributed by atoms with Crippen molar-refractivity contribution in [3.8, 4) is 0 Å². The Kier molecular flexibility index (Phi) is 5.63. The quantitative estimate of drug-likeness (QED) is 0.409. The third-order valence-corrected chi connectivity index (χ3v) is 5.37. The molecule has 4 atom stereocenters. The van der Waals surface area contributed by atoms with Crippen LogP contribution in [-0.4, -0.2) is 46.7 Å². The van der Waals surface area contributed by atoms with Crippen LogP contribution >= 0.6 is 0 Å². The Bertz CT molecular complexity index is 656. The van der Waals surface area contributed by atoms with Crippen molar-refractivity contribution in [2.24, 2.45) is 11.8 Å². The average molecular weight is 416 g/mol. The van der Waals surface area contributed by atoms with E-state index < -0.39 is 59.9 Å². The minimum absolute atomic E-state index is 0.0942. The molecule has 0 saturated heterocycles. The Morgan fingerprint density at radius 3 is 2.04 bits per heavy atom. The third kappa shape index (κ3) is 3.63. The second-order valence-corrected chi connectivity index (χ2v) is 7.01. The number of hydrogen-bond donors (Lipinski definition) is 1. The molecule has 2 aliphatic carbocycles. The summed E-state index contributed by atoms with van der Waals surface area (Å²) in [6.07, 6.45) is -13.8. The van der Waals surface area contributed by atoms with Crippen LogP contribution in [0.5, 0.6) is 0 Å². The van der Waals surface area contributed by atoms with Gasteiger partial charge in [0.2, 0.25) is 0 Å². The second kappa shape index (κ2) is 7.09. The van der Waals surface area contributed by atoms with E-state index in [1.807, 2.05) is 0 Å². The van der Waals surface area contributed by atoms with Crippen molar-refractivity contribution < 1.29 is 50.5 Å². The number of ether oxygens (including phenoxy) is 2. The number of rotatable bonds is 6. The molecule has 11 heteroatoms. The van der Waals surface area contributed by atoms with Gasteiger partial charge in [0, 0.05) is 24.5 Å². The zero-order valence-corrected chi connectivity index (χ0v) is 14.5. The van der Waals surface area contributed by atoms with Crippen LogP contribution in [0.4, 0.5) is 26.3 Å². The molecule has 0 heterocycles. The van der Waals surface area contributed by atoms with E-state index in [0.717, 1.165) is 6.08 Å². The van der Waals surface area contributed by atoms with Gasteiger partial charge in [-0.2, -0.15) is 26.3 Å². The molecular formula is C17H18F6O5. The topological polar surface area (TPSA) is 72.8 Å². The lowest BCUT2D eigenvalue weighted by molar-refractivity contribution is -0.375. The summed E-state index contributed by atoms with van der Waals surface area (Å²) in [7, 11) is 0. The zero-order chi connectivity index (χ0) is 21.5. The zero-order valence-electron chi connectivity index (χ0n) is 14.5. The Labute approximate surface area is 156 Å². The van der Waals surface area contributed by atoms with Gasteiger partial charge in [-0.15, -0.1) is 0 Å². The van der Waals surface area contributed by atoms with Crippen LogP contribution in [0.15, 0.2) is 25.3 Å². The minimum atomic E-state index is -6.01. The molecule has 0 aromatic heterocycles. The molecule has 2 rings (SSSR count). The summed E-state index contributed by atoms with van der Waals surface area (Å²) < 4.78 is 88.9. The molecule has 2 fully saturated rings. The fraction of sp³-hybridized carbons (Fsp3) is 0.647. The van der Waals surface area contributed by atoms with Gasteiger partial charge in [-0.3, -0.25) is 0 Å². The van der Waals surface area contributed by atoms with Crippen molar-refractivity contribution in [3.63, 3.8) is 0 Å². The van der Waals surface area contributed by atoms with Crippen molar-refractivity contribution in [3.05, 3.63) is 25.3 Å². The minimum Gasteiger partial charge on any atom is -0.455 e. The van der Waals surface area contributed by atoms with Gasteiger partial charge < -0.3 is 14.6 Å². The molecule has 0 aliphatic heterocycles. The maximum absolute atomic E-state index is 13.1. The summed E-state index contributed by atoms with van der Waals surface area (Å²) >= 11 is 0. The first-order chi connectivity index (χ1) is 12.7. The van der Waals surface area contributed by atoms with E-state index in [-0.39, 0.29) is 19.3 Å². The highest BCUT2D eigenvalue weighted by molar-refractivity contribution is 5.82. The van der Waals surface area contributed by atoms with Crippen molar-refractivity contribution in [1.82, 2.24) is 0 Å². The summed E-state index contributed by atoms with van der Waals surface area (Å²) in [5.74, 6) is -4.05. The first kappa shape index (κ1) is 22.3. The largest absolute Gasteiger partial charge is 0.455 e. The number of carbonyl (C=O) groups is 2. The van der Waals surface area contributed by atoms with Gasteiger partial charge in [-0.25, -0.2) is 9.59 Å². The van der Waals surface area contributed by atoms with E-state index >= 15 is 0 Å². The Hall–Kier alpha value is -2.04. The smallest absolute Gasteiger partial charge is 0.426 e. The van der Waals surface area contributed by atoms with Gasteiger partial charge in [-0.05, 0) is 25.2 Å². The molecule has 28 heavy (non-hydrogen) atoms. The number of esters is 2. The fourth-order valence-corrected chi connectivity index (χ4v) is 4.14. The molecule has 5 nitrogen and oxygen atoms in total. The lowest BCUT2D eigenvalue weighted by atomic mass is 9.75. The van der Waals surface area contributed by atoms with E-state index in [4.69, 9.17) is 9.47 Å². The summed E-state index contributed by atoms with van der Waals surface area (Å²) in [4.78, 5) is 23.3. The predicted molar refractivity (Wildman–Crippen MR) is 81.6 cm³/mol. The maximum atomic E-state index is 13.1. The molecule has 2 aliphatic rings. The summed E-state index contributed by atoms with van der Waals surface area (Å²) in [6.45, 7) is 6.33. The molecule has 1 N–H and O–H groups in total. The highest BCUT2D eigenvalue weighted by Crippen LogP contribution is 2.59. The molecule has 2 bridgehead atoms. The second-order valence-electron chi connectivity index (χ2n) is 7.01. The molecular weight excluding hydrogens is 398 g/mol. The highest BCUT2D eigenvalue weighted by atomic mass is 19.4. The molecule has 0 aromatic rings. The van der Waals surface area contributed by atoms with E-state index in [2.05, 4.69) is 13.2 Å². The monoisotopic (exact) mass is 416 g/mol.